The Bertz CT molecular complexity index is 1330. The summed E-state index contributed by atoms with van der Waals surface area (Å²) in [6, 6.07) is 16.8. The van der Waals surface area contributed by atoms with Crippen LogP contribution in [0.25, 0.3) is 22.0 Å². The number of ether oxygens (including phenoxy) is 1. The number of hydrogen-bond donors (Lipinski definition) is 2. The molecule has 2 aromatic heterocycles. The number of amides is 1. The lowest BCUT2D eigenvalue weighted by Gasteiger charge is -2.26. The van der Waals surface area contributed by atoms with Crippen molar-refractivity contribution >= 4 is 22.5 Å². The predicted octanol–water partition coefficient (Wildman–Crippen LogP) is 3.58. The minimum atomic E-state index is -0.317. The summed E-state index contributed by atoms with van der Waals surface area (Å²) in [6.45, 7) is 4.19. The summed E-state index contributed by atoms with van der Waals surface area (Å²) in [5, 5.41) is 19.7. The normalized spacial score (nSPS) is 14.2. The Balaban J connectivity index is 1.39. The molecule has 2 aromatic carbocycles. The SMILES string of the molecule is N#Cc1ccc(NC(=O)c2n[nH]c3ccc(-c4cncc(CN5CCOCC5)c4)cc23)cc1. The number of hydrogen-bond acceptors (Lipinski definition) is 6. The van der Waals surface area contributed by atoms with E-state index in [0.717, 1.165) is 60.4 Å². The molecule has 3 heterocycles. The van der Waals surface area contributed by atoms with Gasteiger partial charge >= 0.3 is 0 Å². The van der Waals surface area contributed by atoms with Gasteiger partial charge in [-0.05, 0) is 53.6 Å². The highest BCUT2D eigenvalue weighted by Crippen LogP contribution is 2.26. The average Bonchev–Trinajstić information content (AvgIpc) is 3.29. The Morgan fingerprint density at radius 1 is 1.09 bits per heavy atom. The minimum absolute atomic E-state index is 0.314. The molecule has 0 spiro atoms. The van der Waals surface area contributed by atoms with Gasteiger partial charge in [-0.3, -0.25) is 19.8 Å². The number of nitriles is 1. The zero-order valence-electron chi connectivity index (χ0n) is 17.9. The lowest BCUT2D eigenvalue weighted by Crippen LogP contribution is -2.35. The quantitative estimate of drug-likeness (QED) is 0.493. The molecule has 1 fully saturated rings. The number of aromatic nitrogens is 3. The van der Waals surface area contributed by atoms with Crippen molar-refractivity contribution in [1.29, 1.82) is 5.26 Å². The Morgan fingerprint density at radius 3 is 2.70 bits per heavy atom. The van der Waals surface area contributed by atoms with E-state index in [9.17, 15) is 4.79 Å². The maximum Gasteiger partial charge on any atom is 0.276 e. The molecule has 2 N–H and O–H groups in total. The summed E-state index contributed by atoms with van der Waals surface area (Å²) in [5.74, 6) is -0.317. The average molecular weight is 438 g/mol. The molecule has 0 radical (unpaired) electrons. The van der Waals surface area contributed by atoms with E-state index in [-0.39, 0.29) is 5.91 Å². The summed E-state index contributed by atoms with van der Waals surface area (Å²) in [4.78, 5) is 19.7. The fourth-order valence-corrected chi connectivity index (χ4v) is 3.93. The molecule has 8 heteroatoms. The second kappa shape index (κ2) is 9.20. The fourth-order valence-electron chi connectivity index (χ4n) is 3.93. The Labute approximate surface area is 190 Å². The van der Waals surface area contributed by atoms with Crippen LogP contribution in [0.5, 0.6) is 0 Å². The van der Waals surface area contributed by atoms with Gasteiger partial charge in [-0.1, -0.05) is 6.07 Å². The van der Waals surface area contributed by atoms with Gasteiger partial charge in [0, 0.05) is 48.7 Å². The van der Waals surface area contributed by atoms with E-state index >= 15 is 0 Å². The third-order valence-electron chi connectivity index (χ3n) is 5.69. The van der Waals surface area contributed by atoms with Gasteiger partial charge in [0.15, 0.2) is 5.69 Å². The molecule has 5 rings (SSSR count). The molecule has 4 aromatic rings. The number of carbonyl (C=O) groups excluding carboxylic acids is 1. The smallest absolute Gasteiger partial charge is 0.276 e. The van der Waals surface area contributed by atoms with Crippen LogP contribution in [-0.2, 0) is 11.3 Å². The van der Waals surface area contributed by atoms with Crippen LogP contribution in [0, 0.1) is 11.3 Å². The standard InChI is InChI=1S/C25H22N6O2/c26-13-17-1-4-21(5-2-17)28-25(32)24-22-12-19(3-6-23(22)29-30-24)20-11-18(14-27-15-20)16-31-7-9-33-10-8-31/h1-6,11-12,14-15H,7-10,16H2,(H,28,32)(H,29,30). The van der Waals surface area contributed by atoms with Crippen molar-refractivity contribution in [3.8, 4) is 17.2 Å². The number of nitrogens with zero attached hydrogens (tertiary/aromatic N) is 4. The zero-order chi connectivity index (χ0) is 22.6. The zero-order valence-corrected chi connectivity index (χ0v) is 17.9. The first-order valence-electron chi connectivity index (χ1n) is 10.7. The molecule has 0 atom stereocenters. The van der Waals surface area contributed by atoms with Gasteiger partial charge in [-0.15, -0.1) is 0 Å². The van der Waals surface area contributed by atoms with Gasteiger partial charge in [0.05, 0.1) is 30.4 Å². The van der Waals surface area contributed by atoms with Crippen molar-refractivity contribution in [1.82, 2.24) is 20.1 Å². The topological polar surface area (TPSA) is 107 Å². The molecule has 0 unspecified atom stereocenters. The Hall–Kier alpha value is -4.06. The largest absolute Gasteiger partial charge is 0.379 e. The second-order valence-electron chi connectivity index (χ2n) is 7.95. The molecular weight excluding hydrogens is 416 g/mol. The monoisotopic (exact) mass is 438 g/mol. The number of H-pyrrole nitrogens is 1. The van der Waals surface area contributed by atoms with Crippen LogP contribution in [0.3, 0.4) is 0 Å². The molecule has 0 saturated carbocycles. The molecule has 164 valence electrons. The summed E-state index contributed by atoms with van der Waals surface area (Å²) in [5.41, 5.74) is 5.32. The van der Waals surface area contributed by atoms with Gasteiger partial charge in [-0.2, -0.15) is 10.4 Å². The van der Waals surface area contributed by atoms with E-state index in [2.05, 4.69) is 37.5 Å². The van der Waals surface area contributed by atoms with E-state index in [1.807, 2.05) is 30.6 Å². The first kappa shape index (κ1) is 20.8. The maximum atomic E-state index is 12.9. The molecular formula is C25H22N6O2. The van der Waals surface area contributed by atoms with Crippen LogP contribution in [0.1, 0.15) is 21.6 Å². The van der Waals surface area contributed by atoms with Gasteiger partial charge in [0.25, 0.3) is 5.91 Å². The Kier molecular flexibility index (Phi) is 5.81. The molecule has 33 heavy (non-hydrogen) atoms. The number of pyridine rings is 1. The number of fused-ring (bicyclic) bond motifs is 1. The number of aromatic amines is 1. The number of benzene rings is 2. The lowest BCUT2D eigenvalue weighted by atomic mass is 10.0. The van der Waals surface area contributed by atoms with Crippen LogP contribution < -0.4 is 5.32 Å². The van der Waals surface area contributed by atoms with Crippen molar-refractivity contribution in [2.45, 2.75) is 6.54 Å². The van der Waals surface area contributed by atoms with Gasteiger partial charge < -0.3 is 10.1 Å². The number of morpholine rings is 1. The van der Waals surface area contributed by atoms with Crippen LogP contribution in [0.15, 0.2) is 60.9 Å². The fraction of sp³-hybridized carbons (Fsp3) is 0.200. The molecule has 1 aliphatic rings. The van der Waals surface area contributed by atoms with Crippen LogP contribution in [0.2, 0.25) is 0 Å². The second-order valence-corrected chi connectivity index (χ2v) is 7.95. The van der Waals surface area contributed by atoms with Crippen molar-refractivity contribution < 1.29 is 9.53 Å². The van der Waals surface area contributed by atoms with Crippen molar-refractivity contribution in [2.24, 2.45) is 0 Å². The highest BCUT2D eigenvalue weighted by atomic mass is 16.5. The minimum Gasteiger partial charge on any atom is -0.379 e. The van der Waals surface area contributed by atoms with Crippen LogP contribution >= 0.6 is 0 Å². The van der Waals surface area contributed by atoms with Gasteiger partial charge in [-0.25, -0.2) is 0 Å². The number of nitrogens with one attached hydrogen (secondary N) is 2. The summed E-state index contributed by atoms with van der Waals surface area (Å²) < 4.78 is 5.43. The van der Waals surface area contributed by atoms with Crippen LogP contribution in [-0.4, -0.2) is 52.3 Å². The van der Waals surface area contributed by atoms with E-state index in [1.165, 1.54) is 0 Å². The van der Waals surface area contributed by atoms with Gasteiger partial charge in [0.2, 0.25) is 0 Å². The third-order valence-corrected chi connectivity index (χ3v) is 5.69. The molecule has 0 aliphatic carbocycles. The Morgan fingerprint density at radius 2 is 1.91 bits per heavy atom. The summed E-state index contributed by atoms with van der Waals surface area (Å²) in [6.07, 6.45) is 3.73. The van der Waals surface area contributed by atoms with E-state index in [0.29, 0.717) is 16.9 Å². The number of rotatable bonds is 5. The number of carbonyl (C=O) groups is 1. The highest BCUT2D eigenvalue weighted by Gasteiger charge is 2.16. The summed E-state index contributed by atoms with van der Waals surface area (Å²) in [7, 11) is 0. The van der Waals surface area contributed by atoms with E-state index in [4.69, 9.17) is 10.00 Å². The maximum absolute atomic E-state index is 12.9. The molecule has 1 amide bonds. The van der Waals surface area contributed by atoms with E-state index < -0.39 is 0 Å². The van der Waals surface area contributed by atoms with E-state index in [1.54, 1.807) is 24.3 Å². The van der Waals surface area contributed by atoms with Crippen molar-refractivity contribution in [3.05, 3.63) is 77.7 Å². The van der Waals surface area contributed by atoms with Gasteiger partial charge in [0.1, 0.15) is 0 Å². The molecule has 8 nitrogen and oxygen atoms in total. The lowest BCUT2D eigenvalue weighted by molar-refractivity contribution is 0.0341. The number of anilines is 1. The van der Waals surface area contributed by atoms with Crippen molar-refractivity contribution in [3.63, 3.8) is 0 Å². The first-order chi connectivity index (χ1) is 16.2. The molecule has 1 aliphatic heterocycles. The van der Waals surface area contributed by atoms with Crippen LogP contribution in [0.4, 0.5) is 5.69 Å². The predicted molar refractivity (Wildman–Crippen MR) is 125 cm³/mol. The highest BCUT2D eigenvalue weighted by molar-refractivity contribution is 6.11. The molecule has 0 bridgehead atoms. The third kappa shape index (κ3) is 4.60. The molecule has 1 saturated heterocycles. The first-order valence-corrected chi connectivity index (χ1v) is 10.7. The summed E-state index contributed by atoms with van der Waals surface area (Å²) >= 11 is 0. The van der Waals surface area contributed by atoms with Crippen molar-refractivity contribution in [2.75, 3.05) is 31.6 Å².